The maximum absolute atomic E-state index is 13.3. The molecule has 4 rings (SSSR count). The molecule has 2 heterocycles. The van der Waals surface area contributed by atoms with Gasteiger partial charge in [-0.3, -0.25) is 9.89 Å². The average molecular weight is 450 g/mol. The zero-order valence-electron chi connectivity index (χ0n) is 19.6. The van der Waals surface area contributed by atoms with Crippen LogP contribution in [0.5, 0.6) is 11.5 Å². The number of aromatic hydroxyl groups is 1. The van der Waals surface area contributed by atoms with E-state index in [2.05, 4.69) is 17.1 Å². The van der Waals surface area contributed by atoms with Gasteiger partial charge in [0.15, 0.2) is 0 Å². The molecule has 33 heavy (non-hydrogen) atoms. The second kappa shape index (κ2) is 9.67. The number of fused-ring (bicyclic) bond motifs is 1. The molecule has 1 unspecified atom stereocenters. The third kappa shape index (κ3) is 4.33. The van der Waals surface area contributed by atoms with Crippen molar-refractivity contribution in [2.75, 3.05) is 26.9 Å². The van der Waals surface area contributed by atoms with Gasteiger partial charge in [0.25, 0.3) is 5.91 Å². The summed E-state index contributed by atoms with van der Waals surface area (Å²) in [4.78, 5) is 15.1. The van der Waals surface area contributed by atoms with Gasteiger partial charge in [-0.2, -0.15) is 5.10 Å². The summed E-state index contributed by atoms with van der Waals surface area (Å²) in [5.74, 6) is 0.834. The van der Waals surface area contributed by atoms with Gasteiger partial charge < -0.3 is 19.5 Å². The molecule has 174 valence electrons. The number of aryl methyl sites for hydroxylation is 2. The molecular formula is C26H31N3O4. The van der Waals surface area contributed by atoms with E-state index >= 15 is 0 Å². The number of ether oxygens (including phenoxy) is 2. The molecule has 1 atom stereocenters. The molecule has 3 aromatic rings. The van der Waals surface area contributed by atoms with Gasteiger partial charge >= 0.3 is 0 Å². The van der Waals surface area contributed by atoms with Crippen LogP contribution in [0.25, 0.3) is 11.3 Å². The third-order valence-corrected chi connectivity index (χ3v) is 6.06. The molecule has 0 radical (unpaired) electrons. The number of hydrogen-bond acceptors (Lipinski definition) is 5. The summed E-state index contributed by atoms with van der Waals surface area (Å²) in [7, 11) is 1.62. The minimum atomic E-state index is -0.346. The fourth-order valence-corrected chi connectivity index (χ4v) is 4.49. The number of benzene rings is 2. The van der Waals surface area contributed by atoms with Crippen molar-refractivity contribution < 1.29 is 19.4 Å². The standard InChI is InChI=1S/C26H31N3O4/c1-5-6-12-33-19-9-7-18(8-10-19)25-22-23(21-17(3)14-16(2)15-20(21)30)27-28-24(22)26(31)29(25)11-13-32-4/h7-10,14-15,25,30H,5-6,11-13H2,1-4H3,(H,27,28). The van der Waals surface area contributed by atoms with Crippen LogP contribution in [0, 0.1) is 13.8 Å². The molecule has 0 fully saturated rings. The molecule has 7 nitrogen and oxygen atoms in total. The predicted octanol–water partition coefficient (Wildman–Crippen LogP) is 4.77. The smallest absolute Gasteiger partial charge is 0.273 e. The van der Waals surface area contributed by atoms with E-state index in [1.165, 1.54) is 0 Å². The number of hydrogen-bond donors (Lipinski definition) is 2. The van der Waals surface area contributed by atoms with Crippen LogP contribution in [0.1, 0.15) is 58.5 Å². The first-order valence-corrected chi connectivity index (χ1v) is 11.4. The molecule has 1 aliphatic rings. The molecule has 0 aliphatic carbocycles. The van der Waals surface area contributed by atoms with E-state index in [0.29, 0.717) is 36.7 Å². The molecule has 0 saturated heterocycles. The minimum absolute atomic E-state index is 0.127. The number of carbonyl (C=O) groups is 1. The Kier molecular flexibility index (Phi) is 6.70. The van der Waals surface area contributed by atoms with Gasteiger partial charge in [-0.05, 0) is 55.2 Å². The highest BCUT2D eigenvalue weighted by Gasteiger charge is 2.42. The van der Waals surface area contributed by atoms with Crippen molar-refractivity contribution in [1.29, 1.82) is 0 Å². The van der Waals surface area contributed by atoms with Crippen molar-refractivity contribution in [1.82, 2.24) is 15.1 Å². The van der Waals surface area contributed by atoms with Crippen molar-refractivity contribution in [3.63, 3.8) is 0 Å². The Hall–Kier alpha value is -3.32. The van der Waals surface area contributed by atoms with Crippen LogP contribution in [0.2, 0.25) is 0 Å². The molecule has 0 bridgehead atoms. The molecule has 2 aromatic carbocycles. The number of nitrogens with one attached hydrogen (secondary N) is 1. The van der Waals surface area contributed by atoms with E-state index < -0.39 is 0 Å². The second-order valence-corrected chi connectivity index (χ2v) is 8.50. The van der Waals surface area contributed by atoms with Gasteiger partial charge in [0.05, 0.1) is 19.3 Å². The summed E-state index contributed by atoms with van der Waals surface area (Å²) in [6, 6.07) is 11.3. The number of aromatic amines is 1. The van der Waals surface area contributed by atoms with E-state index in [1.54, 1.807) is 18.1 Å². The zero-order valence-corrected chi connectivity index (χ0v) is 19.6. The maximum Gasteiger partial charge on any atom is 0.273 e. The third-order valence-electron chi connectivity index (χ3n) is 6.06. The Morgan fingerprint density at radius 3 is 2.58 bits per heavy atom. The van der Waals surface area contributed by atoms with E-state index in [4.69, 9.17) is 9.47 Å². The molecule has 1 amide bonds. The van der Waals surface area contributed by atoms with Gasteiger partial charge in [-0.1, -0.05) is 31.5 Å². The number of unbranched alkanes of at least 4 members (excludes halogenated alkanes) is 1. The fourth-order valence-electron chi connectivity index (χ4n) is 4.49. The van der Waals surface area contributed by atoms with Crippen LogP contribution in [-0.2, 0) is 4.74 Å². The first-order valence-electron chi connectivity index (χ1n) is 11.4. The summed E-state index contributed by atoms with van der Waals surface area (Å²) < 4.78 is 11.1. The summed E-state index contributed by atoms with van der Waals surface area (Å²) in [6.07, 6.45) is 2.08. The van der Waals surface area contributed by atoms with E-state index in [-0.39, 0.29) is 17.7 Å². The Morgan fingerprint density at radius 2 is 1.91 bits per heavy atom. The number of phenols is 1. The maximum atomic E-state index is 13.3. The highest BCUT2D eigenvalue weighted by Crippen LogP contribution is 2.45. The highest BCUT2D eigenvalue weighted by molar-refractivity contribution is 6.00. The van der Waals surface area contributed by atoms with Crippen molar-refractivity contribution in [3.05, 3.63) is 64.3 Å². The van der Waals surface area contributed by atoms with Gasteiger partial charge in [-0.15, -0.1) is 0 Å². The largest absolute Gasteiger partial charge is 0.507 e. The first kappa shape index (κ1) is 22.9. The van der Waals surface area contributed by atoms with E-state index in [9.17, 15) is 9.90 Å². The first-order chi connectivity index (χ1) is 16.0. The van der Waals surface area contributed by atoms with Gasteiger partial charge in [-0.25, -0.2) is 0 Å². The van der Waals surface area contributed by atoms with Crippen LogP contribution in [-0.4, -0.2) is 53.0 Å². The number of carbonyl (C=O) groups excluding carboxylic acids is 1. The number of amides is 1. The van der Waals surface area contributed by atoms with Crippen LogP contribution in [0.3, 0.4) is 0 Å². The van der Waals surface area contributed by atoms with Crippen molar-refractivity contribution in [2.24, 2.45) is 0 Å². The zero-order chi connectivity index (χ0) is 23.5. The molecule has 0 saturated carbocycles. The quantitative estimate of drug-likeness (QED) is 0.460. The van der Waals surface area contributed by atoms with E-state index in [0.717, 1.165) is 40.8 Å². The topological polar surface area (TPSA) is 87.7 Å². The van der Waals surface area contributed by atoms with Gasteiger partial charge in [0.1, 0.15) is 22.9 Å². The number of aromatic nitrogens is 2. The Bertz CT molecular complexity index is 1110. The minimum Gasteiger partial charge on any atom is -0.507 e. The molecule has 1 aliphatic heterocycles. The van der Waals surface area contributed by atoms with Crippen molar-refractivity contribution in [3.8, 4) is 22.8 Å². The molecule has 2 N–H and O–H groups in total. The SMILES string of the molecule is CCCCOc1ccc(C2c3c(-c4c(C)cc(C)cc4O)n[nH]c3C(=O)N2CCOC)cc1. The number of methoxy groups -OCH3 is 1. The summed E-state index contributed by atoms with van der Waals surface area (Å²) in [5, 5.41) is 18.2. The normalized spacial score (nSPS) is 15.2. The number of phenolic OH excluding ortho intramolecular Hbond substituents is 1. The van der Waals surface area contributed by atoms with E-state index in [1.807, 2.05) is 44.2 Å². The highest BCUT2D eigenvalue weighted by atomic mass is 16.5. The lowest BCUT2D eigenvalue weighted by atomic mass is 9.93. The Labute approximate surface area is 194 Å². The lowest BCUT2D eigenvalue weighted by Gasteiger charge is -2.26. The lowest BCUT2D eigenvalue weighted by Crippen LogP contribution is -2.32. The summed E-state index contributed by atoms with van der Waals surface area (Å²) in [5.41, 5.74) is 5.29. The van der Waals surface area contributed by atoms with Crippen LogP contribution >= 0.6 is 0 Å². The fraction of sp³-hybridized carbons (Fsp3) is 0.385. The number of nitrogens with zero attached hydrogens (tertiary/aromatic N) is 2. The van der Waals surface area contributed by atoms with Crippen molar-refractivity contribution in [2.45, 2.75) is 39.7 Å². The van der Waals surface area contributed by atoms with Crippen LogP contribution < -0.4 is 4.74 Å². The van der Waals surface area contributed by atoms with Crippen LogP contribution in [0.4, 0.5) is 0 Å². The number of rotatable bonds is 9. The average Bonchev–Trinajstić information content (AvgIpc) is 3.31. The number of H-pyrrole nitrogens is 1. The summed E-state index contributed by atoms with van der Waals surface area (Å²) in [6.45, 7) is 7.55. The molecular weight excluding hydrogens is 418 g/mol. The summed E-state index contributed by atoms with van der Waals surface area (Å²) >= 11 is 0. The molecule has 0 spiro atoms. The van der Waals surface area contributed by atoms with Gasteiger partial charge in [0.2, 0.25) is 0 Å². The van der Waals surface area contributed by atoms with Crippen LogP contribution in [0.15, 0.2) is 36.4 Å². The predicted molar refractivity (Wildman–Crippen MR) is 127 cm³/mol. The molecule has 7 heteroatoms. The monoisotopic (exact) mass is 449 g/mol. The lowest BCUT2D eigenvalue weighted by molar-refractivity contribution is 0.0677. The Balaban J connectivity index is 1.78. The van der Waals surface area contributed by atoms with Gasteiger partial charge in [0, 0.05) is 24.8 Å². The van der Waals surface area contributed by atoms with Crippen molar-refractivity contribution >= 4 is 5.91 Å². The Morgan fingerprint density at radius 1 is 1.15 bits per heavy atom. The second-order valence-electron chi connectivity index (χ2n) is 8.50. The molecule has 1 aromatic heterocycles.